The maximum absolute atomic E-state index is 2.75. The van der Waals surface area contributed by atoms with Crippen LogP contribution in [0, 0.1) is 5.92 Å². The van der Waals surface area contributed by atoms with Gasteiger partial charge in [0.2, 0.25) is 0 Å². The van der Waals surface area contributed by atoms with Crippen molar-refractivity contribution in [1.29, 1.82) is 0 Å². The molecule has 0 fully saturated rings. The standard InChI is InChI=1S/C8H18.C2H7N.C2H6/c1-4-6-7-8(3)5-2;1-3-2;1-2/h8H,4-7H2,1-3H3;3H,1-2H3;1-2H3. The summed E-state index contributed by atoms with van der Waals surface area (Å²) in [7, 11) is 3.75. The summed E-state index contributed by atoms with van der Waals surface area (Å²) < 4.78 is 0. The van der Waals surface area contributed by atoms with Gasteiger partial charge in [0.05, 0.1) is 0 Å². The highest BCUT2D eigenvalue weighted by Gasteiger charge is 1.94. The summed E-state index contributed by atoms with van der Waals surface area (Å²) in [5.41, 5.74) is 0. The molecule has 0 radical (unpaired) electrons. The Hall–Kier alpha value is -0.0400. The Morgan fingerprint density at radius 3 is 1.69 bits per heavy atom. The van der Waals surface area contributed by atoms with Crippen LogP contribution < -0.4 is 5.32 Å². The number of unbranched alkanes of at least 4 members (excludes halogenated alkanes) is 1. The molecule has 0 aromatic heterocycles. The summed E-state index contributed by atoms with van der Waals surface area (Å²) in [5.74, 6) is 0.954. The van der Waals surface area contributed by atoms with Crippen LogP contribution in [-0.2, 0) is 0 Å². The molecule has 84 valence electrons. The zero-order valence-corrected chi connectivity index (χ0v) is 10.9. The summed E-state index contributed by atoms with van der Waals surface area (Å²) in [6, 6.07) is 0. The SMILES string of the molecule is CC.CCCCC(C)CC.CNC. The molecule has 0 amide bonds. The van der Waals surface area contributed by atoms with E-state index in [1.807, 2.05) is 27.9 Å². The minimum absolute atomic E-state index is 0.954. The van der Waals surface area contributed by atoms with E-state index in [4.69, 9.17) is 0 Å². The van der Waals surface area contributed by atoms with Gasteiger partial charge in [-0.15, -0.1) is 0 Å². The van der Waals surface area contributed by atoms with Gasteiger partial charge in [-0.3, -0.25) is 0 Å². The molecule has 0 rings (SSSR count). The Morgan fingerprint density at radius 2 is 1.46 bits per heavy atom. The lowest BCUT2D eigenvalue weighted by atomic mass is 10.0. The summed E-state index contributed by atoms with van der Waals surface area (Å²) in [6.45, 7) is 10.8. The van der Waals surface area contributed by atoms with Crippen LogP contribution >= 0.6 is 0 Å². The number of hydrogen-bond acceptors (Lipinski definition) is 1. The Morgan fingerprint density at radius 1 is 1.08 bits per heavy atom. The van der Waals surface area contributed by atoms with Crippen molar-refractivity contribution in [3.63, 3.8) is 0 Å². The average Bonchev–Trinajstić information content (AvgIpc) is 2.18. The van der Waals surface area contributed by atoms with Crippen LogP contribution in [0.5, 0.6) is 0 Å². The maximum Gasteiger partial charge on any atom is -0.0167 e. The van der Waals surface area contributed by atoms with Crippen LogP contribution in [0.15, 0.2) is 0 Å². The van der Waals surface area contributed by atoms with E-state index in [9.17, 15) is 0 Å². The minimum atomic E-state index is 0.954. The van der Waals surface area contributed by atoms with Crippen LogP contribution in [0.2, 0.25) is 0 Å². The molecule has 1 heteroatoms. The van der Waals surface area contributed by atoms with Gasteiger partial charge in [0.15, 0.2) is 0 Å². The molecule has 13 heavy (non-hydrogen) atoms. The molecule has 0 spiro atoms. The lowest BCUT2D eigenvalue weighted by Gasteiger charge is -2.04. The smallest absolute Gasteiger partial charge is 0.0167 e. The molecule has 0 aliphatic carbocycles. The first-order chi connectivity index (χ1) is 6.22. The molecule has 0 bridgehead atoms. The zero-order chi connectivity index (χ0) is 11.1. The van der Waals surface area contributed by atoms with E-state index >= 15 is 0 Å². The quantitative estimate of drug-likeness (QED) is 0.702. The Balaban J connectivity index is -0.000000169. The minimum Gasteiger partial charge on any atom is -0.323 e. The van der Waals surface area contributed by atoms with Crippen LogP contribution in [0.3, 0.4) is 0 Å². The van der Waals surface area contributed by atoms with Gasteiger partial charge in [-0.25, -0.2) is 0 Å². The van der Waals surface area contributed by atoms with Gasteiger partial charge in [-0.2, -0.15) is 0 Å². The van der Waals surface area contributed by atoms with Crippen molar-refractivity contribution < 1.29 is 0 Å². The van der Waals surface area contributed by atoms with Crippen molar-refractivity contribution in [2.45, 2.75) is 60.3 Å². The average molecular weight is 189 g/mol. The number of rotatable bonds is 4. The first-order valence-electron chi connectivity index (χ1n) is 5.81. The van der Waals surface area contributed by atoms with Gasteiger partial charge in [-0.05, 0) is 20.0 Å². The Kier molecular flexibility index (Phi) is 32.6. The predicted molar refractivity (Wildman–Crippen MR) is 65.3 cm³/mol. The van der Waals surface area contributed by atoms with E-state index < -0.39 is 0 Å². The fraction of sp³-hybridized carbons (Fsp3) is 1.00. The Bertz CT molecular complexity index is 53.1. The summed E-state index contributed by atoms with van der Waals surface area (Å²) in [4.78, 5) is 0. The van der Waals surface area contributed by atoms with Crippen molar-refractivity contribution in [2.75, 3.05) is 14.1 Å². The molecule has 0 aromatic rings. The Labute approximate surface area is 86.3 Å². The molecule has 0 heterocycles. The molecule has 1 atom stereocenters. The van der Waals surface area contributed by atoms with Crippen molar-refractivity contribution >= 4 is 0 Å². The van der Waals surface area contributed by atoms with E-state index in [1.165, 1.54) is 25.7 Å². The van der Waals surface area contributed by atoms with E-state index in [0.717, 1.165) is 5.92 Å². The molecular weight excluding hydrogens is 158 g/mol. The molecule has 0 aliphatic rings. The van der Waals surface area contributed by atoms with Gasteiger partial charge in [0.25, 0.3) is 0 Å². The highest BCUT2D eigenvalue weighted by atomic mass is 14.7. The number of nitrogens with one attached hydrogen (secondary N) is 1. The molecular formula is C12H31N. The largest absolute Gasteiger partial charge is 0.323 e. The highest BCUT2D eigenvalue weighted by molar-refractivity contribution is 4.47. The van der Waals surface area contributed by atoms with Crippen molar-refractivity contribution in [3.05, 3.63) is 0 Å². The van der Waals surface area contributed by atoms with Crippen molar-refractivity contribution in [1.82, 2.24) is 5.32 Å². The monoisotopic (exact) mass is 189 g/mol. The fourth-order valence-corrected chi connectivity index (χ4v) is 0.757. The van der Waals surface area contributed by atoms with E-state index in [2.05, 4.69) is 26.1 Å². The van der Waals surface area contributed by atoms with Crippen LogP contribution in [-0.4, -0.2) is 14.1 Å². The van der Waals surface area contributed by atoms with Gasteiger partial charge < -0.3 is 5.32 Å². The van der Waals surface area contributed by atoms with Crippen LogP contribution in [0.25, 0.3) is 0 Å². The van der Waals surface area contributed by atoms with Gasteiger partial charge in [-0.1, -0.05) is 60.3 Å². The van der Waals surface area contributed by atoms with E-state index in [-0.39, 0.29) is 0 Å². The third-order valence-electron chi connectivity index (χ3n) is 1.75. The van der Waals surface area contributed by atoms with E-state index in [1.54, 1.807) is 0 Å². The van der Waals surface area contributed by atoms with Crippen LogP contribution in [0.4, 0.5) is 0 Å². The summed E-state index contributed by atoms with van der Waals surface area (Å²) in [6.07, 6.45) is 5.53. The van der Waals surface area contributed by atoms with Gasteiger partial charge in [0, 0.05) is 0 Å². The third kappa shape index (κ3) is 33.4. The van der Waals surface area contributed by atoms with Crippen LogP contribution in [0.1, 0.15) is 60.3 Å². The topological polar surface area (TPSA) is 12.0 Å². The maximum atomic E-state index is 2.75. The second-order valence-corrected chi connectivity index (χ2v) is 3.16. The molecule has 1 N–H and O–H groups in total. The predicted octanol–water partition coefficient (Wildman–Crippen LogP) is 4.08. The normalized spacial score (nSPS) is 10.4. The summed E-state index contributed by atoms with van der Waals surface area (Å²) in [5, 5.41) is 2.75. The molecule has 0 saturated carbocycles. The molecule has 0 saturated heterocycles. The van der Waals surface area contributed by atoms with Crippen molar-refractivity contribution in [3.8, 4) is 0 Å². The van der Waals surface area contributed by atoms with Gasteiger partial charge in [0.1, 0.15) is 0 Å². The molecule has 0 aliphatic heterocycles. The third-order valence-corrected chi connectivity index (χ3v) is 1.75. The molecule has 1 nitrogen and oxygen atoms in total. The lowest BCUT2D eigenvalue weighted by Crippen LogP contribution is -1.89. The lowest BCUT2D eigenvalue weighted by molar-refractivity contribution is 0.492. The van der Waals surface area contributed by atoms with Crippen molar-refractivity contribution in [2.24, 2.45) is 5.92 Å². The van der Waals surface area contributed by atoms with E-state index in [0.29, 0.717) is 0 Å². The van der Waals surface area contributed by atoms with Gasteiger partial charge >= 0.3 is 0 Å². The molecule has 0 aromatic carbocycles. The second-order valence-electron chi connectivity index (χ2n) is 3.16. The molecule has 1 unspecified atom stereocenters. The highest BCUT2D eigenvalue weighted by Crippen LogP contribution is 2.09. The first-order valence-corrected chi connectivity index (χ1v) is 5.81. The second kappa shape index (κ2) is 22.7. The summed E-state index contributed by atoms with van der Waals surface area (Å²) >= 11 is 0. The number of hydrogen-bond donors (Lipinski definition) is 1. The first kappa shape index (κ1) is 18.7. The zero-order valence-electron chi connectivity index (χ0n) is 10.9. The fourth-order valence-electron chi connectivity index (χ4n) is 0.757.